The molecule has 0 unspecified atom stereocenters. The molecule has 0 aliphatic carbocycles. The van der Waals surface area contributed by atoms with Crippen LogP contribution in [-0.4, -0.2) is 29.7 Å². The van der Waals surface area contributed by atoms with Crippen molar-refractivity contribution in [1.82, 2.24) is 4.90 Å². The third-order valence-corrected chi connectivity index (χ3v) is 2.01. The van der Waals surface area contributed by atoms with E-state index in [1.54, 1.807) is 0 Å². The van der Waals surface area contributed by atoms with Gasteiger partial charge in [-0.1, -0.05) is 19.4 Å². The zero-order valence-electron chi connectivity index (χ0n) is 7.66. The Bertz CT molecular complexity index is 184. The molecule has 0 spiro atoms. The van der Waals surface area contributed by atoms with E-state index < -0.39 is 0 Å². The molecule has 0 amide bonds. The van der Waals surface area contributed by atoms with Gasteiger partial charge in [0.2, 0.25) is 0 Å². The summed E-state index contributed by atoms with van der Waals surface area (Å²) in [5, 5.41) is 8.69. The van der Waals surface area contributed by atoms with Gasteiger partial charge in [0.25, 0.3) is 0 Å². The zero-order chi connectivity index (χ0) is 8.81. The normalized spacial score (nSPS) is 16.5. The Morgan fingerprint density at radius 1 is 1.58 bits per heavy atom. The Balaban J connectivity index is 2.33. The van der Waals surface area contributed by atoms with Crippen LogP contribution >= 0.6 is 0 Å². The van der Waals surface area contributed by atoms with Gasteiger partial charge in [0.15, 0.2) is 0 Å². The predicted octanol–water partition coefficient (Wildman–Crippen LogP) is 1.53. The van der Waals surface area contributed by atoms with Crippen LogP contribution in [0.25, 0.3) is 0 Å². The van der Waals surface area contributed by atoms with E-state index >= 15 is 0 Å². The number of nitrogens with zero attached hydrogens (tertiary/aromatic N) is 1. The minimum atomic E-state index is 0.237. The maximum absolute atomic E-state index is 8.69. The fourth-order valence-electron chi connectivity index (χ4n) is 1.33. The lowest BCUT2D eigenvalue weighted by atomic mass is 10.1. The van der Waals surface area contributed by atoms with Crippen molar-refractivity contribution in [2.24, 2.45) is 0 Å². The van der Waals surface area contributed by atoms with Crippen molar-refractivity contribution >= 4 is 0 Å². The van der Waals surface area contributed by atoms with Crippen molar-refractivity contribution in [3.63, 3.8) is 0 Å². The molecule has 0 saturated carbocycles. The summed E-state index contributed by atoms with van der Waals surface area (Å²) < 4.78 is 0. The van der Waals surface area contributed by atoms with Crippen molar-refractivity contribution in [3.8, 4) is 0 Å². The highest BCUT2D eigenvalue weighted by atomic mass is 16.3. The molecule has 1 aliphatic rings. The first-order valence-electron chi connectivity index (χ1n) is 4.59. The fourth-order valence-corrected chi connectivity index (χ4v) is 1.33. The van der Waals surface area contributed by atoms with E-state index in [1.165, 1.54) is 18.4 Å². The Labute approximate surface area is 74.2 Å². The standard InChI is InChI=1S/C10H17NO/c1-2-3-10-4-6-11(7-5-10)8-9-12/h4-6,12H,2-3,7-9H2,1H3. The second kappa shape index (κ2) is 4.99. The maximum Gasteiger partial charge on any atom is 0.0606 e. The van der Waals surface area contributed by atoms with Gasteiger partial charge < -0.3 is 10.0 Å². The summed E-state index contributed by atoms with van der Waals surface area (Å²) in [5.74, 6) is 0. The first kappa shape index (κ1) is 9.33. The molecule has 68 valence electrons. The molecule has 0 aromatic carbocycles. The van der Waals surface area contributed by atoms with Crippen LogP contribution in [-0.2, 0) is 0 Å². The summed E-state index contributed by atoms with van der Waals surface area (Å²) in [6.45, 7) is 4.12. The molecule has 1 N–H and O–H groups in total. The molecule has 0 fully saturated rings. The highest BCUT2D eigenvalue weighted by Gasteiger charge is 2.02. The molecule has 1 rings (SSSR count). The molecule has 0 atom stereocenters. The smallest absolute Gasteiger partial charge is 0.0606 e. The Hall–Kier alpha value is -0.760. The number of β-amino-alcohol motifs (C(OH)–C–C–N with tert-alkyl or cyclic N) is 1. The number of aliphatic hydroxyl groups excluding tert-OH is 1. The van der Waals surface area contributed by atoms with E-state index in [2.05, 4.69) is 30.2 Å². The van der Waals surface area contributed by atoms with Gasteiger partial charge >= 0.3 is 0 Å². The summed E-state index contributed by atoms with van der Waals surface area (Å²) >= 11 is 0. The van der Waals surface area contributed by atoms with Crippen LogP contribution in [0, 0.1) is 0 Å². The SMILES string of the molecule is CCCC1=CCN(CCO)C=C1. The van der Waals surface area contributed by atoms with E-state index in [9.17, 15) is 0 Å². The molecular weight excluding hydrogens is 150 g/mol. The average molecular weight is 167 g/mol. The van der Waals surface area contributed by atoms with Crippen LogP contribution in [0.15, 0.2) is 23.9 Å². The second-order valence-corrected chi connectivity index (χ2v) is 3.06. The predicted molar refractivity (Wildman–Crippen MR) is 50.8 cm³/mol. The quantitative estimate of drug-likeness (QED) is 0.686. The largest absolute Gasteiger partial charge is 0.395 e. The highest BCUT2D eigenvalue weighted by Crippen LogP contribution is 2.11. The molecule has 0 aromatic rings. The number of allylic oxidation sites excluding steroid dienone is 2. The lowest BCUT2D eigenvalue weighted by molar-refractivity contribution is 0.244. The van der Waals surface area contributed by atoms with Gasteiger partial charge in [-0.15, -0.1) is 0 Å². The second-order valence-electron chi connectivity index (χ2n) is 3.06. The molecule has 0 bridgehead atoms. The molecular formula is C10H17NO. The Morgan fingerprint density at radius 2 is 2.42 bits per heavy atom. The van der Waals surface area contributed by atoms with Gasteiger partial charge in [-0.25, -0.2) is 0 Å². The molecule has 2 heteroatoms. The summed E-state index contributed by atoms with van der Waals surface area (Å²) in [6, 6.07) is 0. The molecule has 1 aliphatic heterocycles. The monoisotopic (exact) mass is 167 g/mol. The van der Waals surface area contributed by atoms with Crippen LogP contribution in [0.3, 0.4) is 0 Å². The van der Waals surface area contributed by atoms with Gasteiger partial charge in [-0.2, -0.15) is 0 Å². The zero-order valence-corrected chi connectivity index (χ0v) is 7.66. The Kier molecular flexibility index (Phi) is 3.88. The Morgan fingerprint density at radius 3 is 2.92 bits per heavy atom. The number of rotatable bonds is 4. The van der Waals surface area contributed by atoms with Gasteiger partial charge in [-0.3, -0.25) is 0 Å². The maximum atomic E-state index is 8.69. The van der Waals surface area contributed by atoms with E-state index in [0.29, 0.717) is 0 Å². The van der Waals surface area contributed by atoms with Crippen LogP contribution < -0.4 is 0 Å². The molecule has 0 radical (unpaired) electrons. The molecule has 1 heterocycles. The van der Waals surface area contributed by atoms with E-state index in [4.69, 9.17) is 5.11 Å². The van der Waals surface area contributed by atoms with E-state index in [1.807, 2.05) is 0 Å². The summed E-state index contributed by atoms with van der Waals surface area (Å²) in [5.41, 5.74) is 1.42. The lowest BCUT2D eigenvalue weighted by Crippen LogP contribution is -2.23. The van der Waals surface area contributed by atoms with Crippen molar-refractivity contribution in [3.05, 3.63) is 23.9 Å². The third kappa shape index (κ3) is 2.70. The number of hydrogen-bond donors (Lipinski definition) is 1. The van der Waals surface area contributed by atoms with Crippen LogP contribution in [0.1, 0.15) is 19.8 Å². The fraction of sp³-hybridized carbons (Fsp3) is 0.600. The highest BCUT2D eigenvalue weighted by molar-refractivity contribution is 5.22. The third-order valence-electron chi connectivity index (χ3n) is 2.01. The summed E-state index contributed by atoms with van der Waals surface area (Å²) in [6.07, 6.45) is 8.82. The topological polar surface area (TPSA) is 23.5 Å². The summed E-state index contributed by atoms with van der Waals surface area (Å²) in [4.78, 5) is 2.11. The van der Waals surface area contributed by atoms with Crippen molar-refractivity contribution in [2.75, 3.05) is 19.7 Å². The van der Waals surface area contributed by atoms with Gasteiger partial charge in [0.1, 0.15) is 0 Å². The molecule has 0 aromatic heterocycles. The molecule has 12 heavy (non-hydrogen) atoms. The van der Waals surface area contributed by atoms with Crippen LogP contribution in [0.5, 0.6) is 0 Å². The number of hydrogen-bond acceptors (Lipinski definition) is 2. The van der Waals surface area contributed by atoms with E-state index in [0.717, 1.165) is 13.1 Å². The van der Waals surface area contributed by atoms with Crippen LogP contribution in [0.2, 0.25) is 0 Å². The van der Waals surface area contributed by atoms with E-state index in [-0.39, 0.29) is 6.61 Å². The van der Waals surface area contributed by atoms with Crippen LogP contribution in [0.4, 0.5) is 0 Å². The molecule has 0 saturated heterocycles. The lowest BCUT2D eigenvalue weighted by Gasteiger charge is -2.21. The average Bonchev–Trinajstić information content (AvgIpc) is 2.09. The van der Waals surface area contributed by atoms with Crippen molar-refractivity contribution < 1.29 is 5.11 Å². The molecule has 2 nitrogen and oxygen atoms in total. The van der Waals surface area contributed by atoms with Gasteiger partial charge in [0.05, 0.1) is 6.61 Å². The first-order chi connectivity index (χ1) is 5.86. The van der Waals surface area contributed by atoms with Crippen molar-refractivity contribution in [2.45, 2.75) is 19.8 Å². The minimum Gasteiger partial charge on any atom is -0.395 e. The first-order valence-corrected chi connectivity index (χ1v) is 4.59. The summed E-state index contributed by atoms with van der Waals surface area (Å²) in [7, 11) is 0. The van der Waals surface area contributed by atoms with Gasteiger partial charge in [0, 0.05) is 13.1 Å². The van der Waals surface area contributed by atoms with Gasteiger partial charge in [-0.05, 0) is 24.3 Å². The number of aliphatic hydroxyl groups is 1. The minimum absolute atomic E-state index is 0.237. The van der Waals surface area contributed by atoms with Crippen molar-refractivity contribution in [1.29, 1.82) is 0 Å².